The number of rotatable bonds is 3. The van der Waals surface area contributed by atoms with E-state index in [1.807, 2.05) is 11.6 Å². The van der Waals surface area contributed by atoms with Crippen LogP contribution in [-0.4, -0.2) is 45.3 Å². The SMILES string of the molecule is CCNC(=NCc1nncn1C)N1CC(C)CC(C)C1. The van der Waals surface area contributed by atoms with Crippen LogP contribution >= 0.6 is 0 Å². The Morgan fingerprint density at radius 1 is 1.40 bits per heavy atom. The van der Waals surface area contributed by atoms with E-state index in [0.29, 0.717) is 6.54 Å². The lowest BCUT2D eigenvalue weighted by molar-refractivity contribution is 0.208. The summed E-state index contributed by atoms with van der Waals surface area (Å²) in [6.07, 6.45) is 3.02. The van der Waals surface area contributed by atoms with Crippen molar-refractivity contribution in [3.8, 4) is 0 Å². The van der Waals surface area contributed by atoms with Gasteiger partial charge in [0.15, 0.2) is 11.8 Å². The second kappa shape index (κ2) is 6.72. The van der Waals surface area contributed by atoms with Crippen molar-refractivity contribution >= 4 is 5.96 Å². The van der Waals surface area contributed by atoms with Gasteiger partial charge in [-0.15, -0.1) is 10.2 Å². The van der Waals surface area contributed by atoms with Gasteiger partial charge in [-0.2, -0.15) is 0 Å². The van der Waals surface area contributed by atoms with Gasteiger partial charge in [0, 0.05) is 26.7 Å². The number of likely N-dealkylation sites (tertiary alicyclic amines) is 1. The Morgan fingerprint density at radius 2 is 2.10 bits per heavy atom. The fourth-order valence-corrected chi connectivity index (χ4v) is 2.86. The van der Waals surface area contributed by atoms with Crippen molar-refractivity contribution in [2.45, 2.75) is 33.7 Å². The summed E-state index contributed by atoms with van der Waals surface area (Å²) < 4.78 is 1.91. The third-order valence-corrected chi connectivity index (χ3v) is 3.68. The lowest BCUT2D eigenvalue weighted by Gasteiger charge is -2.37. The second-order valence-corrected chi connectivity index (χ2v) is 5.88. The van der Waals surface area contributed by atoms with Gasteiger partial charge in [0.05, 0.1) is 0 Å². The molecular formula is C14H26N6. The van der Waals surface area contributed by atoms with Crippen LogP contribution < -0.4 is 5.32 Å². The molecule has 0 spiro atoms. The number of guanidine groups is 1. The van der Waals surface area contributed by atoms with Crippen molar-refractivity contribution < 1.29 is 0 Å². The van der Waals surface area contributed by atoms with Gasteiger partial charge in [-0.25, -0.2) is 4.99 Å². The first-order chi connectivity index (χ1) is 9.60. The summed E-state index contributed by atoms with van der Waals surface area (Å²) in [5, 5.41) is 11.4. The molecule has 0 aromatic carbocycles. The second-order valence-electron chi connectivity index (χ2n) is 5.88. The molecular weight excluding hydrogens is 252 g/mol. The summed E-state index contributed by atoms with van der Waals surface area (Å²) >= 11 is 0. The van der Waals surface area contributed by atoms with Gasteiger partial charge in [0.25, 0.3) is 0 Å². The van der Waals surface area contributed by atoms with Crippen LogP contribution in [0.15, 0.2) is 11.3 Å². The molecule has 6 heteroatoms. The molecule has 1 saturated heterocycles. The van der Waals surface area contributed by atoms with E-state index in [1.54, 1.807) is 6.33 Å². The molecule has 1 aromatic rings. The lowest BCUT2D eigenvalue weighted by Crippen LogP contribution is -2.48. The average Bonchev–Trinajstić information content (AvgIpc) is 2.79. The maximum Gasteiger partial charge on any atom is 0.194 e. The van der Waals surface area contributed by atoms with Crippen molar-refractivity contribution in [2.75, 3.05) is 19.6 Å². The molecule has 1 aliphatic heterocycles. The molecule has 0 bridgehead atoms. The summed E-state index contributed by atoms with van der Waals surface area (Å²) in [6, 6.07) is 0. The summed E-state index contributed by atoms with van der Waals surface area (Å²) in [4.78, 5) is 7.09. The first kappa shape index (κ1) is 14.8. The van der Waals surface area contributed by atoms with Crippen LogP contribution in [0.25, 0.3) is 0 Å². The highest BCUT2D eigenvalue weighted by Gasteiger charge is 2.24. The summed E-state index contributed by atoms with van der Waals surface area (Å²) in [6.45, 7) is 10.3. The van der Waals surface area contributed by atoms with Crippen LogP contribution in [0.2, 0.25) is 0 Å². The molecule has 1 fully saturated rings. The Morgan fingerprint density at radius 3 is 2.65 bits per heavy atom. The molecule has 1 N–H and O–H groups in total. The predicted octanol–water partition coefficient (Wildman–Crippen LogP) is 1.26. The van der Waals surface area contributed by atoms with Crippen LogP contribution in [0.1, 0.15) is 33.0 Å². The van der Waals surface area contributed by atoms with Crippen molar-refractivity contribution in [1.29, 1.82) is 0 Å². The van der Waals surface area contributed by atoms with Gasteiger partial charge in [0.1, 0.15) is 12.9 Å². The Bertz CT molecular complexity index is 442. The molecule has 2 rings (SSSR count). The summed E-state index contributed by atoms with van der Waals surface area (Å²) in [7, 11) is 1.95. The third kappa shape index (κ3) is 3.71. The molecule has 2 heterocycles. The largest absolute Gasteiger partial charge is 0.357 e. The van der Waals surface area contributed by atoms with E-state index in [1.165, 1.54) is 6.42 Å². The molecule has 2 atom stereocenters. The van der Waals surface area contributed by atoms with Crippen molar-refractivity contribution in [3.05, 3.63) is 12.2 Å². The fourth-order valence-electron chi connectivity index (χ4n) is 2.86. The first-order valence-corrected chi connectivity index (χ1v) is 7.46. The van der Waals surface area contributed by atoms with E-state index < -0.39 is 0 Å². The van der Waals surface area contributed by atoms with Gasteiger partial charge in [-0.05, 0) is 25.2 Å². The van der Waals surface area contributed by atoms with E-state index in [4.69, 9.17) is 4.99 Å². The smallest absolute Gasteiger partial charge is 0.194 e. The maximum atomic E-state index is 4.72. The molecule has 0 saturated carbocycles. The van der Waals surface area contributed by atoms with Crippen molar-refractivity contribution in [1.82, 2.24) is 25.0 Å². The Labute approximate surface area is 121 Å². The highest BCUT2D eigenvalue weighted by atomic mass is 15.3. The van der Waals surface area contributed by atoms with Crippen molar-refractivity contribution in [2.24, 2.45) is 23.9 Å². The quantitative estimate of drug-likeness (QED) is 0.668. The van der Waals surface area contributed by atoms with Gasteiger partial charge in [-0.1, -0.05) is 13.8 Å². The monoisotopic (exact) mass is 278 g/mol. The molecule has 0 aliphatic carbocycles. The summed E-state index contributed by atoms with van der Waals surface area (Å²) in [5.41, 5.74) is 0. The number of hydrogen-bond donors (Lipinski definition) is 1. The molecule has 0 amide bonds. The predicted molar refractivity (Wildman–Crippen MR) is 80.3 cm³/mol. The van der Waals surface area contributed by atoms with E-state index in [0.717, 1.165) is 43.3 Å². The fraction of sp³-hybridized carbons (Fsp3) is 0.786. The third-order valence-electron chi connectivity index (χ3n) is 3.68. The Balaban J connectivity index is 2.07. The number of hydrogen-bond acceptors (Lipinski definition) is 3. The molecule has 6 nitrogen and oxygen atoms in total. The summed E-state index contributed by atoms with van der Waals surface area (Å²) in [5.74, 6) is 3.32. The zero-order chi connectivity index (χ0) is 14.5. The minimum absolute atomic E-state index is 0.568. The number of aliphatic imine (C=N–C) groups is 1. The van der Waals surface area contributed by atoms with Gasteiger partial charge >= 0.3 is 0 Å². The number of nitrogens with one attached hydrogen (secondary N) is 1. The molecule has 2 unspecified atom stereocenters. The highest BCUT2D eigenvalue weighted by molar-refractivity contribution is 5.80. The minimum Gasteiger partial charge on any atom is -0.357 e. The molecule has 1 aliphatic rings. The Kier molecular flexibility index (Phi) is 4.98. The van der Waals surface area contributed by atoms with Crippen LogP contribution in [0.3, 0.4) is 0 Å². The number of piperidine rings is 1. The molecule has 20 heavy (non-hydrogen) atoms. The van der Waals surface area contributed by atoms with Gasteiger partial charge < -0.3 is 14.8 Å². The minimum atomic E-state index is 0.568. The van der Waals surface area contributed by atoms with Gasteiger partial charge in [0.2, 0.25) is 0 Å². The standard InChI is InChI=1S/C14H26N6/c1-5-15-14(16-7-13-18-17-10-19(13)4)20-8-11(2)6-12(3)9-20/h10-12H,5-9H2,1-4H3,(H,15,16). The van der Waals surface area contributed by atoms with E-state index >= 15 is 0 Å². The normalized spacial score (nSPS) is 24.0. The van der Waals surface area contributed by atoms with E-state index in [2.05, 4.69) is 41.2 Å². The average molecular weight is 278 g/mol. The lowest BCUT2D eigenvalue weighted by atomic mass is 9.92. The zero-order valence-electron chi connectivity index (χ0n) is 13.0. The molecule has 112 valence electrons. The zero-order valence-corrected chi connectivity index (χ0v) is 13.0. The molecule has 1 aromatic heterocycles. The van der Waals surface area contributed by atoms with Crippen LogP contribution in [0, 0.1) is 11.8 Å². The first-order valence-electron chi connectivity index (χ1n) is 7.46. The highest BCUT2D eigenvalue weighted by Crippen LogP contribution is 2.20. The Hall–Kier alpha value is -1.59. The number of nitrogens with zero attached hydrogens (tertiary/aromatic N) is 5. The molecule has 0 radical (unpaired) electrons. The number of aryl methyl sites for hydroxylation is 1. The topological polar surface area (TPSA) is 58.3 Å². The van der Waals surface area contributed by atoms with Gasteiger partial charge in [-0.3, -0.25) is 0 Å². The van der Waals surface area contributed by atoms with Crippen LogP contribution in [0.4, 0.5) is 0 Å². The van der Waals surface area contributed by atoms with Crippen molar-refractivity contribution in [3.63, 3.8) is 0 Å². The van der Waals surface area contributed by atoms with Crippen LogP contribution in [-0.2, 0) is 13.6 Å². The van der Waals surface area contributed by atoms with E-state index in [9.17, 15) is 0 Å². The van der Waals surface area contributed by atoms with Crippen LogP contribution in [0.5, 0.6) is 0 Å². The number of aromatic nitrogens is 3. The maximum absolute atomic E-state index is 4.72. The van der Waals surface area contributed by atoms with E-state index in [-0.39, 0.29) is 0 Å².